The van der Waals surface area contributed by atoms with Crippen molar-refractivity contribution in [2.24, 2.45) is 0 Å². The van der Waals surface area contributed by atoms with E-state index >= 15 is 0 Å². The van der Waals surface area contributed by atoms with Crippen molar-refractivity contribution in [1.82, 2.24) is 9.62 Å². The number of hydrogen-bond donors (Lipinski definition) is 2. The van der Waals surface area contributed by atoms with Gasteiger partial charge in [0.1, 0.15) is 0 Å². The molecule has 0 aliphatic heterocycles. The molecule has 1 aromatic rings. The fraction of sp³-hybridized carbons (Fsp3) is 0.417. The Kier molecular flexibility index (Phi) is 6.37. The number of carbonyl (C=O) groups excluding carboxylic acids is 1. The first-order valence-corrected chi connectivity index (χ1v) is 8.43. The summed E-state index contributed by atoms with van der Waals surface area (Å²) in [6.45, 7) is 0.336. The predicted molar refractivity (Wildman–Crippen MR) is 84.1 cm³/mol. The fourth-order valence-corrected chi connectivity index (χ4v) is 2.93. The van der Waals surface area contributed by atoms with Crippen LogP contribution in [0.3, 0.4) is 0 Å². The molecule has 6 nitrogen and oxygen atoms in total. The molecule has 0 radical (unpaired) electrons. The van der Waals surface area contributed by atoms with E-state index in [4.69, 9.17) is 5.11 Å². The molecule has 0 fully saturated rings. The molecule has 0 bridgehead atoms. The van der Waals surface area contributed by atoms with Crippen LogP contribution in [0.5, 0.6) is 0 Å². The Morgan fingerprint density at radius 2 is 2.05 bits per heavy atom. The molecular formula is C12H17IN2O4S. The highest BCUT2D eigenvalue weighted by atomic mass is 127. The number of carbonyl (C=O) groups is 1. The number of nitrogens with zero attached hydrogens (tertiary/aromatic N) is 1. The maximum Gasteiger partial charge on any atom is 0.252 e. The van der Waals surface area contributed by atoms with Crippen molar-refractivity contribution in [1.29, 1.82) is 0 Å². The average molecular weight is 412 g/mol. The lowest BCUT2D eigenvalue weighted by molar-refractivity contribution is 0.0950. The molecule has 0 unspecified atom stereocenters. The molecule has 0 atom stereocenters. The second-order valence-corrected chi connectivity index (χ2v) is 7.58. The van der Waals surface area contributed by atoms with Crippen LogP contribution in [0.2, 0.25) is 0 Å². The minimum atomic E-state index is -3.56. The van der Waals surface area contributed by atoms with Crippen molar-refractivity contribution in [2.75, 3.05) is 27.2 Å². The molecule has 0 aliphatic rings. The van der Waals surface area contributed by atoms with Crippen LogP contribution in [0.15, 0.2) is 23.1 Å². The molecule has 2 N–H and O–H groups in total. The Morgan fingerprint density at radius 1 is 1.40 bits per heavy atom. The van der Waals surface area contributed by atoms with E-state index in [2.05, 4.69) is 5.32 Å². The number of aliphatic hydroxyl groups excluding tert-OH is 1. The summed E-state index contributed by atoms with van der Waals surface area (Å²) in [6, 6.07) is 4.44. The first-order valence-electron chi connectivity index (χ1n) is 5.92. The summed E-state index contributed by atoms with van der Waals surface area (Å²) in [5, 5.41) is 11.3. The number of sulfonamides is 1. The highest BCUT2D eigenvalue weighted by Crippen LogP contribution is 2.19. The topological polar surface area (TPSA) is 86.7 Å². The lowest BCUT2D eigenvalue weighted by atomic mass is 10.2. The van der Waals surface area contributed by atoms with Gasteiger partial charge in [0.2, 0.25) is 10.0 Å². The third-order valence-corrected chi connectivity index (χ3v) is 5.33. The van der Waals surface area contributed by atoms with Crippen LogP contribution in [0.25, 0.3) is 0 Å². The van der Waals surface area contributed by atoms with Crippen LogP contribution in [0, 0.1) is 3.57 Å². The maximum atomic E-state index is 12.0. The van der Waals surface area contributed by atoms with Crippen molar-refractivity contribution < 1.29 is 18.3 Å². The molecule has 1 rings (SSSR count). The first kappa shape index (κ1) is 17.3. The standard InChI is InChI=1S/C12H17IN2O4S/c1-15(2)20(18,19)9-4-5-11(13)10(8-9)12(17)14-6-3-7-16/h4-5,8,16H,3,6-7H2,1-2H3,(H,14,17). The van der Waals surface area contributed by atoms with E-state index in [1.54, 1.807) is 6.07 Å². The highest BCUT2D eigenvalue weighted by Gasteiger charge is 2.20. The molecule has 20 heavy (non-hydrogen) atoms. The average Bonchev–Trinajstić information content (AvgIpc) is 2.38. The molecule has 1 aromatic carbocycles. The molecule has 0 aliphatic carbocycles. The molecule has 0 heterocycles. The van der Waals surface area contributed by atoms with E-state index in [1.165, 1.54) is 26.2 Å². The van der Waals surface area contributed by atoms with E-state index in [-0.39, 0.29) is 17.4 Å². The smallest absolute Gasteiger partial charge is 0.252 e. The van der Waals surface area contributed by atoms with Gasteiger partial charge in [-0.05, 0) is 47.2 Å². The number of halogens is 1. The molecule has 0 spiro atoms. The van der Waals surface area contributed by atoms with Crippen LogP contribution in [-0.4, -0.2) is 51.0 Å². The van der Waals surface area contributed by atoms with E-state index in [0.717, 1.165) is 4.31 Å². The summed E-state index contributed by atoms with van der Waals surface area (Å²) >= 11 is 1.98. The Morgan fingerprint density at radius 3 is 2.60 bits per heavy atom. The van der Waals surface area contributed by atoms with E-state index in [0.29, 0.717) is 22.1 Å². The van der Waals surface area contributed by atoms with Gasteiger partial charge in [-0.3, -0.25) is 4.79 Å². The maximum absolute atomic E-state index is 12.0. The van der Waals surface area contributed by atoms with E-state index in [1.807, 2.05) is 22.6 Å². The first-order chi connectivity index (χ1) is 9.30. The van der Waals surface area contributed by atoms with Crippen LogP contribution in [0.4, 0.5) is 0 Å². The predicted octanol–water partition coefficient (Wildman–Crippen LogP) is 0.654. The Labute approximate surface area is 132 Å². The zero-order chi connectivity index (χ0) is 15.3. The Balaban J connectivity index is 3.07. The molecule has 0 aromatic heterocycles. The monoisotopic (exact) mass is 412 g/mol. The van der Waals surface area contributed by atoms with Crippen LogP contribution < -0.4 is 5.32 Å². The van der Waals surface area contributed by atoms with Gasteiger partial charge in [-0.15, -0.1) is 0 Å². The van der Waals surface area contributed by atoms with E-state index in [9.17, 15) is 13.2 Å². The number of benzene rings is 1. The molecule has 0 saturated heterocycles. The van der Waals surface area contributed by atoms with E-state index < -0.39 is 10.0 Å². The largest absolute Gasteiger partial charge is 0.396 e. The van der Waals surface area contributed by atoms with Crippen molar-refractivity contribution in [3.05, 3.63) is 27.3 Å². The Hall–Kier alpha value is -0.710. The molecular weight excluding hydrogens is 395 g/mol. The van der Waals surface area contributed by atoms with Gasteiger partial charge in [0.05, 0.1) is 10.5 Å². The van der Waals surface area contributed by atoms with Gasteiger partial charge >= 0.3 is 0 Å². The minimum Gasteiger partial charge on any atom is -0.396 e. The quantitative estimate of drug-likeness (QED) is 0.531. The van der Waals surface area contributed by atoms with Gasteiger partial charge in [0.25, 0.3) is 5.91 Å². The summed E-state index contributed by atoms with van der Waals surface area (Å²) in [4.78, 5) is 12.1. The lowest BCUT2D eigenvalue weighted by Crippen LogP contribution is -2.27. The number of rotatable bonds is 6. The summed E-state index contributed by atoms with van der Waals surface area (Å²) in [6.07, 6.45) is 0.456. The minimum absolute atomic E-state index is 0.00752. The second-order valence-electron chi connectivity index (χ2n) is 4.26. The molecule has 0 saturated carbocycles. The van der Waals surface area contributed by atoms with Crippen molar-refractivity contribution in [3.63, 3.8) is 0 Å². The SMILES string of the molecule is CN(C)S(=O)(=O)c1ccc(I)c(C(=O)NCCCO)c1. The molecule has 1 amide bonds. The fourth-order valence-electron chi connectivity index (χ4n) is 1.43. The van der Waals surface area contributed by atoms with Gasteiger partial charge in [-0.1, -0.05) is 0 Å². The Bertz CT molecular complexity index is 587. The van der Waals surface area contributed by atoms with Gasteiger partial charge in [0.15, 0.2) is 0 Å². The zero-order valence-corrected chi connectivity index (χ0v) is 14.2. The molecule has 8 heteroatoms. The number of nitrogens with one attached hydrogen (secondary N) is 1. The van der Waals surface area contributed by atoms with Crippen molar-refractivity contribution in [3.8, 4) is 0 Å². The summed E-state index contributed by atoms with van der Waals surface area (Å²) in [5.74, 6) is -0.348. The van der Waals surface area contributed by atoms with Gasteiger partial charge in [-0.2, -0.15) is 0 Å². The summed E-state index contributed by atoms with van der Waals surface area (Å²) in [5.41, 5.74) is 0.312. The van der Waals surface area contributed by atoms with Crippen LogP contribution in [-0.2, 0) is 10.0 Å². The van der Waals surface area contributed by atoms with Gasteiger partial charge in [0, 0.05) is 30.8 Å². The van der Waals surface area contributed by atoms with Crippen molar-refractivity contribution in [2.45, 2.75) is 11.3 Å². The number of amides is 1. The second kappa shape index (κ2) is 7.34. The lowest BCUT2D eigenvalue weighted by Gasteiger charge is -2.13. The summed E-state index contributed by atoms with van der Waals surface area (Å²) < 4.78 is 25.8. The molecule has 112 valence electrons. The summed E-state index contributed by atoms with van der Waals surface area (Å²) in [7, 11) is -0.687. The van der Waals surface area contributed by atoms with Crippen LogP contribution >= 0.6 is 22.6 Å². The van der Waals surface area contributed by atoms with Gasteiger partial charge < -0.3 is 10.4 Å². The third-order valence-electron chi connectivity index (χ3n) is 2.58. The highest BCUT2D eigenvalue weighted by molar-refractivity contribution is 14.1. The van der Waals surface area contributed by atoms with Gasteiger partial charge in [-0.25, -0.2) is 12.7 Å². The number of hydrogen-bond acceptors (Lipinski definition) is 4. The third kappa shape index (κ3) is 4.14. The normalized spacial score (nSPS) is 11.7. The van der Waals surface area contributed by atoms with Crippen molar-refractivity contribution >= 4 is 38.5 Å². The van der Waals surface area contributed by atoms with Crippen LogP contribution in [0.1, 0.15) is 16.8 Å². The zero-order valence-electron chi connectivity index (χ0n) is 11.3. The number of aliphatic hydroxyl groups is 1.